The van der Waals surface area contributed by atoms with Crippen LogP contribution in [-0.2, 0) is 5.41 Å². The Hall–Kier alpha value is -2.11. The normalized spacial score (nSPS) is 18.7. The van der Waals surface area contributed by atoms with Crippen molar-refractivity contribution in [3.8, 4) is 17.3 Å². The molecule has 6 heteroatoms. The van der Waals surface area contributed by atoms with Crippen LogP contribution in [0, 0.1) is 0 Å². The second-order valence-electron chi connectivity index (χ2n) is 7.42. The van der Waals surface area contributed by atoms with Gasteiger partial charge in [0.1, 0.15) is 6.10 Å². The standard InChI is InChI=1S/C20H20ClN3O2/c21-15-10-16-18(24-19(22-16)26-14-2-1-3-14)23-17(15)12-4-6-13(7-5-12)20(11-25)8-9-20/h4-7,10,14,25H,1-3,8-9,11H2,(H,22,23,24). The van der Waals surface area contributed by atoms with E-state index in [1.165, 1.54) is 12.0 Å². The van der Waals surface area contributed by atoms with Crippen LogP contribution in [0.2, 0.25) is 5.02 Å². The number of aromatic nitrogens is 3. The summed E-state index contributed by atoms with van der Waals surface area (Å²) < 4.78 is 5.82. The van der Waals surface area contributed by atoms with Crippen LogP contribution in [-0.4, -0.2) is 32.8 Å². The van der Waals surface area contributed by atoms with Crippen molar-refractivity contribution in [2.75, 3.05) is 6.61 Å². The maximum Gasteiger partial charge on any atom is 0.296 e. The highest BCUT2D eigenvalue weighted by Gasteiger charge is 2.43. The fourth-order valence-corrected chi connectivity index (χ4v) is 3.73. The number of hydrogen-bond acceptors (Lipinski definition) is 4. The number of nitrogens with zero attached hydrogens (tertiary/aromatic N) is 2. The van der Waals surface area contributed by atoms with Gasteiger partial charge in [0.15, 0.2) is 5.65 Å². The Morgan fingerprint density at radius 3 is 2.58 bits per heavy atom. The van der Waals surface area contributed by atoms with Crippen molar-refractivity contribution < 1.29 is 9.84 Å². The third-order valence-electron chi connectivity index (χ3n) is 5.66. The molecule has 2 aliphatic carbocycles. The van der Waals surface area contributed by atoms with Gasteiger partial charge in [0, 0.05) is 11.0 Å². The SMILES string of the molecule is OCC1(c2ccc(-c3nc4nc(OC5CCC5)[nH]c4cc3Cl)cc2)CC1. The number of aliphatic hydroxyl groups excluding tert-OH is 1. The number of halogens is 1. The molecule has 0 unspecified atom stereocenters. The zero-order valence-corrected chi connectivity index (χ0v) is 15.1. The molecule has 2 aliphatic rings. The molecule has 2 heterocycles. The smallest absolute Gasteiger partial charge is 0.296 e. The van der Waals surface area contributed by atoms with E-state index < -0.39 is 0 Å². The molecule has 5 rings (SSSR count). The Morgan fingerprint density at radius 2 is 1.96 bits per heavy atom. The molecule has 0 atom stereocenters. The predicted octanol–water partition coefficient (Wildman–Crippen LogP) is 4.23. The van der Waals surface area contributed by atoms with E-state index in [0.29, 0.717) is 22.4 Å². The first-order valence-electron chi connectivity index (χ1n) is 9.12. The van der Waals surface area contributed by atoms with E-state index in [-0.39, 0.29) is 18.1 Å². The lowest BCUT2D eigenvalue weighted by Crippen LogP contribution is -2.24. The maximum absolute atomic E-state index is 9.59. The third-order valence-corrected chi connectivity index (χ3v) is 5.95. The van der Waals surface area contributed by atoms with Gasteiger partial charge in [-0.2, -0.15) is 4.98 Å². The molecule has 2 N–H and O–H groups in total. The van der Waals surface area contributed by atoms with E-state index in [9.17, 15) is 5.11 Å². The third kappa shape index (κ3) is 2.66. The van der Waals surface area contributed by atoms with Crippen LogP contribution in [0.15, 0.2) is 30.3 Å². The lowest BCUT2D eigenvalue weighted by atomic mass is 9.95. The molecule has 0 bridgehead atoms. The Labute approximate surface area is 156 Å². The number of aliphatic hydroxyl groups is 1. The number of benzene rings is 1. The molecule has 0 radical (unpaired) electrons. The molecule has 0 spiro atoms. The maximum atomic E-state index is 9.59. The van der Waals surface area contributed by atoms with E-state index in [2.05, 4.69) is 27.1 Å². The van der Waals surface area contributed by atoms with Crippen LogP contribution in [0.25, 0.3) is 22.4 Å². The first-order valence-corrected chi connectivity index (χ1v) is 9.49. The van der Waals surface area contributed by atoms with E-state index in [0.717, 1.165) is 36.8 Å². The first-order chi connectivity index (χ1) is 12.7. The van der Waals surface area contributed by atoms with Crippen LogP contribution < -0.4 is 4.74 Å². The number of fused-ring (bicyclic) bond motifs is 1. The number of ether oxygens (including phenoxy) is 1. The van der Waals surface area contributed by atoms with Gasteiger partial charge in [-0.1, -0.05) is 35.9 Å². The molecule has 26 heavy (non-hydrogen) atoms. The van der Waals surface area contributed by atoms with Crippen molar-refractivity contribution in [1.82, 2.24) is 15.0 Å². The summed E-state index contributed by atoms with van der Waals surface area (Å²) in [5.41, 5.74) is 4.19. The molecule has 5 nitrogen and oxygen atoms in total. The lowest BCUT2D eigenvalue weighted by molar-refractivity contribution is 0.110. The molecule has 2 aromatic heterocycles. The van der Waals surface area contributed by atoms with Gasteiger partial charge < -0.3 is 14.8 Å². The van der Waals surface area contributed by atoms with E-state index in [1.54, 1.807) is 0 Å². The molecule has 0 amide bonds. The van der Waals surface area contributed by atoms with Crippen LogP contribution in [0.5, 0.6) is 6.01 Å². The minimum absolute atomic E-state index is 0.0321. The molecule has 2 fully saturated rings. The van der Waals surface area contributed by atoms with Gasteiger partial charge in [-0.05, 0) is 43.7 Å². The molecular weight excluding hydrogens is 350 g/mol. The average molecular weight is 370 g/mol. The molecule has 0 saturated heterocycles. The monoisotopic (exact) mass is 369 g/mol. The zero-order chi connectivity index (χ0) is 17.7. The first kappa shape index (κ1) is 16.1. The topological polar surface area (TPSA) is 71.0 Å². The van der Waals surface area contributed by atoms with Crippen LogP contribution in [0.1, 0.15) is 37.7 Å². The van der Waals surface area contributed by atoms with Crippen molar-refractivity contribution in [3.63, 3.8) is 0 Å². The van der Waals surface area contributed by atoms with Gasteiger partial charge in [0.05, 0.1) is 22.8 Å². The highest BCUT2D eigenvalue weighted by molar-refractivity contribution is 6.33. The van der Waals surface area contributed by atoms with E-state index in [1.807, 2.05) is 18.2 Å². The minimum atomic E-state index is -0.0321. The van der Waals surface area contributed by atoms with Crippen LogP contribution >= 0.6 is 11.6 Å². The highest BCUT2D eigenvalue weighted by Crippen LogP contribution is 2.48. The summed E-state index contributed by atoms with van der Waals surface area (Å²) in [4.78, 5) is 12.3. The summed E-state index contributed by atoms with van der Waals surface area (Å²) in [5, 5.41) is 10.2. The van der Waals surface area contributed by atoms with Crippen LogP contribution in [0.4, 0.5) is 0 Å². The second kappa shape index (κ2) is 5.96. The zero-order valence-electron chi connectivity index (χ0n) is 14.3. The fourth-order valence-electron chi connectivity index (χ4n) is 3.47. The van der Waals surface area contributed by atoms with Crippen molar-refractivity contribution in [2.24, 2.45) is 0 Å². The summed E-state index contributed by atoms with van der Waals surface area (Å²) in [5.74, 6) is 0. The number of hydrogen-bond donors (Lipinski definition) is 2. The lowest BCUT2D eigenvalue weighted by Gasteiger charge is -2.24. The van der Waals surface area contributed by atoms with E-state index in [4.69, 9.17) is 16.3 Å². The molecule has 3 aromatic rings. The molecule has 2 saturated carbocycles. The number of rotatable bonds is 5. The Morgan fingerprint density at radius 1 is 1.19 bits per heavy atom. The van der Waals surface area contributed by atoms with Gasteiger partial charge in [0.2, 0.25) is 0 Å². The van der Waals surface area contributed by atoms with Gasteiger partial charge in [0.25, 0.3) is 6.01 Å². The fraction of sp³-hybridized carbons (Fsp3) is 0.400. The summed E-state index contributed by atoms with van der Waals surface area (Å²) in [6.07, 6.45) is 5.73. The predicted molar refractivity (Wildman–Crippen MR) is 101 cm³/mol. The number of pyridine rings is 1. The minimum Gasteiger partial charge on any atom is -0.461 e. The second-order valence-corrected chi connectivity index (χ2v) is 7.83. The summed E-state index contributed by atoms with van der Waals surface area (Å²) in [6.45, 7) is 0.203. The summed E-state index contributed by atoms with van der Waals surface area (Å²) in [7, 11) is 0. The Bertz CT molecular complexity index is 959. The van der Waals surface area contributed by atoms with Crippen molar-refractivity contribution >= 4 is 22.8 Å². The Kier molecular flexibility index (Phi) is 3.69. The molecule has 134 valence electrons. The molecular formula is C20H20ClN3O2. The Balaban J connectivity index is 1.46. The van der Waals surface area contributed by atoms with Gasteiger partial charge in [-0.15, -0.1) is 0 Å². The quantitative estimate of drug-likeness (QED) is 0.705. The molecule has 0 aliphatic heterocycles. The van der Waals surface area contributed by atoms with Crippen molar-refractivity contribution in [1.29, 1.82) is 0 Å². The summed E-state index contributed by atoms with van der Waals surface area (Å²) in [6, 6.07) is 10.5. The van der Waals surface area contributed by atoms with E-state index >= 15 is 0 Å². The van der Waals surface area contributed by atoms with Crippen molar-refractivity contribution in [2.45, 2.75) is 43.6 Å². The number of imidazole rings is 1. The number of aromatic amines is 1. The van der Waals surface area contributed by atoms with Gasteiger partial charge in [-0.25, -0.2) is 4.98 Å². The van der Waals surface area contributed by atoms with Gasteiger partial charge >= 0.3 is 0 Å². The van der Waals surface area contributed by atoms with Crippen LogP contribution in [0.3, 0.4) is 0 Å². The number of H-pyrrole nitrogens is 1. The largest absolute Gasteiger partial charge is 0.461 e. The molecule has 1 aromatic carbocycles. The number of nitrogens with one attached hydrogen (secondary N) is 1. The van der Waals surface area contributed by atoms with Gasteiger partial charge in [-0.3, -0.25) is 0 Å². The average Bonchev–Trinajstić information content (AvgIpc) is 3.32. The van der Waals surface area contributed by atoms with Crippen molar-refractivity contribution in [3.05, 3.63) is 40.9 Å². The summed E-state index contributed by atoms with van der Waals surface area (Å²) >= 11 is 6.47. The highest BCUT2D eigenvalue weighted by atomic mass is 35.5.